The summed E-state index contributed by atoms with van der Waals surface area (Å²) in [6.07, 6.45) is 8.97. The first-order valence-corrected chi connectivity index (χ1v) is 6.13. The number of likely N-dealkylation sites (tertiary alicyclic amines) is 1. The van der Waals surface area contributed by atoms with Crippen LogP contribution in [-0.2, 0) is 4.79 Å². The van der Waals surface area contributed by atoms with E-state index in [1.54, 1.807) is 6.20 Å². The topological polar surface area (TPSA) is 49.0 Å². The standard InChI is InChI=1S/C12H17N3O/c16-11(8-9-3-4-9)15-7-1-2-10(15)12-13-5-6-14-12/h5-6,9-10H,1-4,7-8H2,(H,13,14)/t10-/m0/s1. The van der Waals surface area contributed by atoms with Gasteiger partial charge in [0, 0.05) is 25.4 Å². The Morgan fingerprint density at radius 2 is 2.38 bits per heavy atom. The Kier molecular flexibility index (Phi) is 2.42. The van der Waals surface area contributed by atoms with Crippen molar-refractivity contribution in [2.45, 2.75) is 38.1 Å². The van der Waals surface area contributed by atoms with Crippen LogP contribution in [0.3, 0.4) is 0 Å². The van der Waals surface area contributed by atoms with Crippen LogP contribution in [0.15, 0.2) is 12.4 Å². The summed E-state index contributed by atoms with van der Waals surface area (Å²) in [5, 5.41) is 0. The predicted molar refractivity (Wildman–Crippen MR) is 59.6 cm³/mol. The highest BCUT2D eigenvalue weighted by Gasteiger charge is 2.34. The Morgan fingerprint density at radius 3 is 3.06 bits per heavy atom. The van der Waals surface area contributed by atoms with Gasteiger partial charge in [0.05, 0.1) is 6.04 Å². The summed E-state index contributed by atoms with van der Waals surface area (Å²) in [5.41, 5.74) is 0. The van der Waals surface area contributed by atoms with Gasteiger partial charge in [-0.2, -0.15) is 0 Å². The maximum absolute atomic E-state index is 12.1. The number of rotatable bonds is 3. The summed E-state index contributed by atoms with van der Waals surface area (Å²) in [5.74, 6) is 1.94. The molecule has 2 aliphatic rings. The van der Waals surface area contributed by atoms with Crippen LogP contribution in [0.5, 0.6) is 0 Å². The van der Waals surface area contributed by atoms with Gasteiger partial charge in [0.2, 0.25) is 5.91 Å². The van der Waals surface area contributed by atoms with Crippen LogP contribution in [0.4, 0.5) is 0 Å². The number of nitrogens with one attached hydrogen (secondary N) is 1. The lowest BCUT2D eigenvalue weighted by atomic mass is 10.2. The minimum absolute atomic E-state index is 0.196. The molecule has 16 heavy (non-hydrogen) atoms. The summed E-state index contributed by atoms with van der Waals surface area (Å²) in [6.45, 7) is 0.900. The summed E-state index contributed by atoms with van der Waals surface area (Å²) in [6, 6.07) is 0.196. The minimum atomic E-state index is 0.196. The highest BCUT2D eigenvalue weighted by atomic mass is 16.2. The average Bonchev–Trinajstić information content (AvgIpc) is 2.84. The third-order valence-electron chi connectivity index (χ3n) is 3.57. The second-order valence-corrected chi connectivity index (χ2v) is 4.87. The van der Waals surface area contributed by atoms with Crippen molar-refractivity contribution in [3.63, 3.8) is 0 Å². The lowest BCUT2D eigenvalue weighted by Crippen LogP contribution is -2.31. The van der Waals surface area contributed by atoms with E-state index in [2.05, 4.69) is 9.97 Å². The van der Waals surface area contributed by atoms with Gasteiger partial charge in [0.1, 0.15) is 5.82 Å². The number of aromatic nitrogens is 2. The van der Waals surface area contributed by atoms with E-state index in [1.165, 1.54) is 12.8 Å². The molecule has 1 N–H and O–H groups in total. The lowest BCUT2D eigenvalue weighted by Gasteiger charge is -2.23. The van der Waals surface area contributed by atoms with E-state index < -0.39 is 0 Å². The van der Waals surface area contributed by atoms with Crippen molar-refractivity contribution < 1.29 is 4.79 Å². The van der Waals surface area contributed by atoms with E-state index in [0.717, 1.165) is 31.6 Å². The van der Waals surface area contributed by atoms with Crippen molar-refractivity contribution in [3.05, 3.63) is 18.2 Å². The number of carbonyl (C=O) groups excluding carboxylic acids is 1. The van der Waals surface area contributed by atoms with Gasteiger partial charge in [-0.3, -0.25) is 4.79 Å². The normalized spacial score (nSPS) is 25.0. The second kappa shape index (κ2) is 3.92. The molecule has 1 aromatic rings. The van der Waals surface area contributed by atoms with Gasteiger partial charge < -0.3 is 9.88 Å². The van der Waals surface area contributed by atoms with Crippen LogP contribution in [-0.4, -0.2) is 27.3 Å². The van der Waals surface area contributed by atoms with Crippen molar-refractivity contribution in [2.24, 2.45) is 5.92 Å². The molecule has 2 heterocycles. The quantitative estimate of drug-likeness (QED) is 0.843. The second-order valence-electron chi connectivity index (χ2n) is 4.87. The zero-order valence-electron chi connectivity index (χ0n) is 9.35. The number of aromatic amines is 1. The summed E-state index contributed by atoms with van der Waals surface area (Å²) in [7, 11) is 0. The van der Waals surface area contributed by atoms with Gasteiger partial charge in [-0.1, -0.05) is 0 Å². The molecule has 1 aliphatic carbocycles. The van der Waals surface area contributed by atoms with E-state index in [9.17, 15) is 4.79 Å². The van der Waals surface area contributed by atoms with Crippen LogP contribution >= 0.6 is 0 Å². The Hall–Kier alpha value is -1.32. The maximum atomic E-state index is 12.1. The van der Waals surface area contributed by atoms with E-state index in [0.29, 0.717) is 11.8 Å². The average molecular weight is 219 g/mol. The molecule has 0 aromatic carbocycles. The molecule has 0 bridgehead atoms. The van der Waals surface area contributed by atoms with E-state index in [4.69, 9.17) is 0 Å². The molecule has 1 amide bonds. The molecular weight excluding hydrogens is 202 g/mol. The molecule has 1 atom stereocenters. The fourth-order valence-electron chi connectivity index (χ4n) is 2.50. The zero-order chi connectivity index (χ0) is 11.0. The molecule has 2 fully saturated rings. The first kappa shape index (κ1) is 9.87. The van der Waals surface area contributed by atoms with Crippen LogP contribution in [0.1, 0.15) is 44.0 Å². The lowest BCUT2D eigenvalue weighted by molar-refractivity contribution is -0.132. The molecular formula is C12H17N3O. The summed E-state index contributed by atoms with van der Waals surface area (Å²) >= 11 is 0. The third-order valence-corrected chi connectivity index (χ3v) is 3.57. The van der Waals surface area contributed by atoms with Gasteiger partial charge in [0.15, 0.2) is 0 Å². The summed E-state index contributed by atoms with van der Waals surface area (Å²) < 4.78 is 0. The summed E-state index contributed by atoms with van der Waals surface area (Å²) in [4.78, 5) is 21.5. The van der Waals surface area contributed by atoms with Gasteiger partial charge in [-0.15, -0.1) is 0 Å². The first-order valence-electron chi connectivity index (χ1n) is 6.13. The Morgan fingerprint density at radius 1 is 1.50 bits per heavy atom. The molecule has 0 radical (unpaired) electrons. The van der Waals surface area contributed by atoms with E-state index >= 15 is 0 Å². The molecule has 1 saturated heterocycles. The van der Waals surface area contributed by atoms with Crippen LogP contribution in [0.2, 0.25) is 0 Å². The fourth-order valence-corrected chi connectivity index (χ4v) is 2.50. The molecule has 1 aliphatic heterocycles. The molecule has 0 unspecified atom stereocenters. The minimum Gasteiger partial charge on any atom is -0.347 e. The number of hydrogen-bond donors (Lipinski definition) is 1. The SMILES string of the molecule is O=C(CC1CC1)N1CCC[C@H]1c1ncc[nH]1. The largest absolute Gasteiger partial charge is 0.347 e. The van der Waals surface area contributed by atoms with Gasteiger partial charge in [-0.25, -0.2) is 4.98 Å². The predicted octanol–water partition coefficient (Wildman–Crippen LogP) is 1.87. The van der Waals surface area contributed by atoms with Gasteiger partial charge in [0.25, 0.3) is 0 Å². The Labute approximate surface area is 95.1 Å². The third kappa shape index (κ3) is 1.84. The Balaban J connectivity index is 1.70. The number of carbonyl (C=O) groups is 1. The van der Waals surface area contributed by atoms with Crippen LogP contribution < -0.4 is 0 Å². The number of hydrogen-bond acceptors (Lipinski definition) is 2. The molecule has 0 spiro atoms. The van der Waals surface area contributed by atoms with Gasteiger partial charge in [-0.05, 0) is 31.6 Å². The number of imidazole rings is 1. The monoisotopic (exact) mass is 219 g/mol. The van der Waals surface area contributed by atoms with Crippen molar-refractivity contribution in [1.29, 1.82) is 0 Å². The first-order chi connectivity index (χ1) is 7.84. The highest BCUT2D eigenvalue weighted by Crippen LogP contribution is 2.36. The molecule has 1 saturated carbocycles. The van der Waals surface area contributed by atoms with E-state index in [1.807, 2.05) is 11.1 Å². The fraction of sp³-hybridized carbons (Fsp3) is 0.667. The van der Waals surface area contributed by atoms with Crippen molar-refractivity contribution >= 4 is 5.91 Å². The molecule has 1 aromatic heterocycles. The maximum Gasteiger partial charge on any atom is 0.223 e. The Bertz CT molecular complexity index is 370. The van der Waals surface area contributed by atoms with Crippen molar-refractivity contribution in [1.82, 2.24) is 14.9 Å². The van der Waals surface area contributed by atoms with Crippen molar-refractivity contribution in [3.8, 4) is 0 Å². The molecule has 4 nitrogen and oxygen atoms in total. The van der Waals surface area contributed by atoms with Gasteiger partial charge >= 0.3 is 0 Å². The smallest absolute Gasteiger partial charge is 0.223 e. The van der Waals surface area contributed by atoms with Crippen molar-refractivity contribution in [2.75, 3.05) is 6.54 Å². The zero-order valence-corrected chi connectivity index (χ0v) is 9.35. The van der Waals surface area contributed by atoms with Crippen LogP contribution in [0.25, 0.3) is 0 Å². The number of nitrogens with zero attached hydrogens (tertiary/aromatic N) is 2. The van der Waals surface area contributed by atoms with Crippen LogP contribution in [0, 0.1) is 5.92 Å². The molecule has 4 heteroatoms. The van der Waals surface area contributed by atoms with E-state index in [-0.39, 0.29) is 6.04 Å². The molecule has 3 rings (SSSR count). The number of amides is 1. The molecule has 86 valence electrons. The number of H-pyrrole nitrogens is 1. The highest BCUT2D eigenvalue weighted by molar-refractivity contribution is 5.77.